The van der Waals surface area contributed by atoms with Crippen molar-refractivity contribution < 1.29 is 69.3 Å². The van der Waals surface area contributed by atoms with Crippen LogP contribution in [0.15, 0.2) is 39.5 Å². The predicted molar refractivity (Wildman–Crippen MR) is 144 cm³/mol. The molecular formula is C28H32O15. The Balaban J connectivity index is 1.63. The van der Waals surface area contributed by atoms with Crippen LogP contribution in [0.1, 0.15) is 12.8 Å². The van der Waals surface area contributed by atoms with Crippen LogP contribution in [0.3, 0.4) is 0 Å². The highest BCUT2D eigenvalue weighted by molar-refractivity contribution is 5.88. The Bertz CT molecular complexity index is 1520. The molecule has 9 N–H and O–H groups in total. The van der Waals surface area contributed by atoms with Gasteiger partial charge in [-0.3, -0.25) is 4.79 Å². The number of aromatic hydroxyl groups is 3. The van der Waals surface area contributed by atoms with Gasteiger partial charge in [0, 0.05) is 17.7 Å². The van der Waals surface area contributed by atoms with Crippen LogP contribution < -0.4 is 14.9 Å². The third kappa shape index (κ3) is 5.69. The molecule has 1 aliphatic carbocycles. The number of phenols is 3. The van der Waals surface area contributed by atoms with E-state index in [4.69, 9.17) is 23.4 Å². The van der Waals surface area contributed by atoms with E-state index < -0.39 is 89.8 Å². The quantitative estimate of drug-likeness (QED) is 0.157. The van der Waals surface area contributed by atoms with E-state index >= 15 is 0 Å². The fourth-order valence-electron chi connectivity index (χ4n) is 5.27. The summed E-state index contributed by atoms with van der Waals surface area (Å²) in [5.74, 6) is -2.20. The number of hydrogen-bond donors (Lipinski definition) is 9. The number of aliphatic hydroxyl groups is 6. The number of methoxy groups -OCH3 is 1. The fraction of sp³-hybridized carbons (Fsp3) is 0.464. The van der Waals surface area contributed by atoms with Gasteiger partial charge < -0.3 is 69.3 Å². The molecule has 234 valence electrons. The number of ether oxygens (including phenoxy) is 4. The highest BCUT2D eigenvalue weighted by Gasteiger charge is 2.50. The van der Waals surface area contributed by atoms with Crippen molar-refractivity contribution in [1.29, 1.82) is 0 Å². The Morgan fingerprint density at radius 3 is 2.35 bits per heavy atom. The van der Waals surface area contributed by atoms with Crippen molar-refractivity contribution in [2.45, 2.75) is 68.0 Å². The van der Waals surface area contributed by atoms with Crippen LogP contribution in [0.4, 0.5) is 0 Å². The minimum absolute atomic E-state index is 0.00833. The minimum atomic E-state index is -1.80. The topological polar surface area (TPSA) is 249 Å². The Morgan fingerprint density at radius 2 is 1.65 bits per heavy atom. The van der Waals surface area contributed by atoms with E-state index in [2.05, 4.69) is 0 Å². The van der Waals surface area contributed by atoms with Gasteiger partial charge in [-0.05, 0) is 31.0 Å². The van der Waals surface area contributed by atoms with Gasteiger partial charge in [-0.25, -0.2) is 0 Å². The summed E-state index contributed by atoms with van der Waals surface area (Å²) in [7, 11) is 1.29. The second-order valence-electron chi connectivity index (χ2n) is 10.4. The van der Waals surface area contributed by atoms with E-state index in [0.29, 0.717) is 0 Å². The number of benzene rings is 2. The molecule has 2 aromatic carbocycles. The molecule has 2 aliphatic rings. The molecule has 15 nitrogen and oxygen atoms in total. The first kappa shape index (κ1) is 30.8. The van der Waals surface area contributed by atoms with Crippen molar-refractivity contribution in [2.24, 2.45) is 0 Å². The van der Waals surface area contributed by atoms with Crippen molar-refractivity contribution in [1.82, 2.24) is 0 Å². The summed E-state index contributed by atoms with van der Waals surface area (Å²) in [4.78, 5) is 13.8. The van der Waals surface area contributed by atoms with E-state index in [9.17, 15) is 50.8 Å². The molecule has 9 unspecified atom stereocenters. The van der Waals surface area contributed by atoms with Crippen LogP contribution in [-0.4, -0.2) is 115 Å². The number of fused-ring (bicyclic) bond motifs is 1. The van der Waals surface area contributed by atoms with E-state index in [1.54, 1.807) is 0 Å². The standard InChI is InChI=1S/C28H32O15/c1-39-16-6-10(2-3-12(16)31)25-26(23(37)19-14(33)7-11(30)8-17(19)41-25)43-28-27(24(38)22(36)18(9-29)42-28)40-15-5-4-13(32)20(34)21(15)35/h2-3,6-8,13,15,18,20-22,24,27-36,38H,4-5,9H2,1H3. The van der Waals surface area contributed by atoms with E-state index in [0.717, 1.165) is 12.1 Å². The summed E-state index contributed by atoms with van der Waals surface area (Å²) < 4.78 is 28.5. The van der Waals surface area contributed by atoms with E-state index in [1.807, 2.05) is 0 Å². The molecule has 1 saturated heterocycles. The summed E-state index contributed by atoms with van der Waals surface area (Å²) in [5.41, 5.74) is -1.07. The Kier molecular flexibility index (Phi) is 8.69. The van der Waals surface area contributed by atoms with E-state index in [-0.39, 0.29) is 41.2 Å². The molecule has 3 aromatic rings. The average molecular weight is 609 g/mol. The molecule has 43 heavy (non-hydrogen) atoms. The molecule has 0 radical (unpaired) electrons. The van der Waals surface area contributed by atoms with Crippen LogP contribution in [-0.2, 0) is 9.47 Å². The predicted octanol–water partition coefficient (Wildman–Crippen LogP) is -0.967. The summed E-state index contributed by atoms with van der Waals surface area (Å²) in [6.45, 7) is -0.782. The van der Waals surface area contributed by atoms with Gasteiger partial charge in [-0.1, -0.05) is 0 Å². The van der Waals surface area contributed by atoms with Crippen LogP contribution in [0.25, 0.3) is 22.3 Å². The second-order valence-corrected chi connectivity index (χ2v) is 10.4. The van der Waals surface area contributed by atoms with Gasteiger partial charge in [-0.2, -0.15) is 0 Å². The maximum absolute atomic E-state index is 13.8. The summed E-state index contributed by atoms with van der Waals surface area (Å²) >= 11 is 0. The molecule has 2 fully saturated rings. The molecule has 1 aliphatic heterocycles. The maximum atomic E-state index is 13.8. The lowest BCUT2D eigenvalue weighted by molar-refractivity contribution is -0.305. The molecule has 1 aromatic heterocycles. The van der Waals surface area contributed by atoms with Gasteiger partial charge in [0.1, 0.15) is 59.1 Å². The van der Waals surface area contributed by atoms with Crippen LogP contribution in [0.2, 0.25) is 0 Å². The monoisotopic (exact) mass is 608 g/mol. The van der Waals surface area contributed by atoms with Crippen molar-refractivity contribution in [3.05, 3.63) is 40.6 Å². The van der Waals surface area contributed by atoms with Crippen molar-refractivity contribution in [2.75, 3.05) is 13.7 Å². The van der Waals surface area contributed by atoms with Crippen LogP contribution in [0.5, 0.6) is 28.7 Å². The van der Waals surface area contributed by atoms with Gasteiger partial charge >= 0.3 is 0 Å². The van der Waals surface area contributed by atoms with Gasteiger partial charge in [0.05, 0.1) is 25.9 Å². The zero-order chi connectivity index (χ0) is 31.2. The molecule has 9 atom stereocenters. The normalized spacial score (nSPS) is 31.2. The molecule has 0 amide bonds. The number of aliphatic hydroxyl groups excluding tert-OH is 6. The van der Waals surface area contributed by atoms with Crippen LogP contribution >= 0.6 is 0 Å². The fourth-order valence-corrected chi connectivity index (χ4v) is 5.27. The Hall–Kier alpha value is -3.67. The molecule has 1 saturated carbocycles. The lowest BCUT2D eigenvalue weighted by atomic mass is 9.89. The average Bonchev–Trinajstić information content (AvgIpc) is 2.97. The first-order valence-electron chi connectivity index (χ1n) is 13.3. The van der Waals surface area contributed by atoms with Crippen molar-refractivity contribution in [3.8, 4) is 40.1 Å². The molecule has 2 heterocycles. The van der Waals surface area contributed by atoms with Crippen molar-refractivity contribution in [3.63, 3.8) is 0 Å². The second kappa shape index (κ2) is 12.1. The third-order valence-corrected chi connectivity index (χ3v) is 7.62. The SMILES string of the molecule is COc1cc(-c2oc3cc(O)cc(O)c3c(=O)c2OC2OC(CO)C(O)C(O)C2OC2CCC(O)C(O)C2O)ccc1O. The number of rotatable bonds is 7. The molecule has 15 heteroatoms. The number of hydrogen-bond acceptors (Lipinski definition) is 15. The van der Waals surface area contributed by atoms with Gasteiger partial charge in [0.15, 0.2) is 17.3 Å². The zero-order valence-corrected chi connectivity index (χ0v) is 22.7. The lowest BCUT2D eigenvalue weighted by Gasteiger charge is -2.44. The Labute approximate surface area is 242 Å². The first-order valence-corrected chi connectivity index (χ1v) is 13.3. The Morgan fingerprint density at radius 1 is 0.907 bits per heavy atom. The van der Waals surface area contributed by atoms with Crippen LogP contribution in [0, 0.1) is 0 Å². The van der Waals surface area contributed by atoms with E-state index in [1.165, 1.54) is 25.3 Å². The van der Waals surface area contributed by atoms with Crippen molar-refractivity contribution >= 4 is 11.0 Å². The maximum Gasteiger partial charge on any atom is 0.239 e. The number of phenolic OH excluding ortho intramolecular Hbond substituents is 3. The molecule has 0 spiro atoms. The summed E-state index contributed by atoms with van der Waals surface area (Å²) in [6, 6.07) is 5.90. The highest BCUT2D eigenvalue weighted by atomic mass is 16.7. The molecular weight excluding hydrogens is 576 g/mol. The highest BCUT2D eigenvalue weighted by Crippen LogP contribution is 2.40. The smallest absolute Gasteiger partial charge is 0.239 e. The lowest BCUT2D eigenvalue weighted by Crippen LogP contribution is -2.63. The molecule has 0 bridgehead atoms. The van der Waals surface area contributed by atoms with Gasteiger partial charge in [0.25, 0.3) is 0 Å². The van der Waals surface area contributed by atoms with Gasteiger partial charge in [0.2, 0.25) is 17.5 Å². The first-order chi connectivity index (χ1) is 20.4. The largest absolute Gasteiger partial charge is 0.508 e. The van der Waals surface area contributed by atoms with Gasteiger partial charge in [-0.15, -0.1) is 0 Å². The summed E-state index contributed by atoms with van der Waals surface area (Å²) in [5, 5.41) is 92.0. The molecule has 5 rings (SSSR count). The summed E-state index contributed by atoms with van der Waals surface area (Å²) in [6.07, 6.45) is -13.8. The third-order valence-electron chi connectivity index (χ3n) is 7.62. The zero-order valence-electron chi connectivity index (χ0n) is 22.7. The minimum Gasteiger partial charge on any atom is -0.508 e.